The van der Waals surface area contributed by atoms with E-state index in [1.54, 1.807) is 41.0 Å². The van der Waals surface area contributed by atoms with Gasteiger partial charge in [-0.3, -0.25) is 14.4 Å². The molecule has 0 unspecified atom stereocenters. The number of benzene rings is 2. The predicted molar refractivity (Wildman–Crippen MR) is 161 cm³/mol. The van der Waals surface area contributed by atoms with Crippen LogP contribution in [0.2, 0.25) is 18.6 Å². The summed E-state index contributed by atoms with van der Waals surface area (Å²) in [4.78, 5) is 29.8. The molecule has 226 valence electrons. The number of nitrogens with zero attached hydrogens (tertiary/aromatic N) is 5. The normalized spacial score (nSPS) is 25.8. The Hall–Kier alpha value is -3.87. The Kier molecular flexibility index (Phi) is 7.47. The Morgan fingerprint density at radius 2 is 2.00 bits per heavy atom. The van der Waals surface area contributed by atoms with Gasteiger partial charge in [-0.25, -0.2) is 4.79 Å². The second kappa shape index (κ2) is 11.0. The SMILES string of the molecule is C=CCN1C(=O)[C@@]2(O[C@@H](CCn3cc([C@H](O)c4ccccc4)nn3)[C@H]([Si](C)(C)F)[C@H]2C)c2cc(N3CCOC3=O)ccc21. The van der Waals surface area contributed by atoms with Crippen molar-refractivity contribution in [3.8, 4) is 0 Å². The highest BCUT2D eigenvalue weighted by Gasteiger charge is 2.66. The molecule has 0 bridgehead atoms. The third-order valence-corrected chi connectivity index (χ3v) is 11.4. The van der Waals surface area contributed by atoms with Gasteiger partial charge in [0.15, 0.2) is 5.60 Å². The smallest absolute Gasteiger partial charge is 0.414 e. The van der Waals surface area contributed by atoms with Gasteiger partial charge in [-0.2, -0.15) is 0 Å². The van der Waals surface area contributed by atoms with E-state index in [4.69, 9.17) is 9.47 Å². The Morgan fingerprint density at radius 1 is 1.23 bits per heavy atom. The highest BCUT2D eigenvalue weighted by atomic mass is 28.4. The third kappa shape index (κ3) is 4.87. The molecule has 1 N–H and O–H groups in total. The molecule has 3 aliphatic heterocycles. The van der Waals surface area contributed by atoms with Crippen LogP contribution < -0.4 is 9.80 Å². The van der Waals surface area contributed by atoms with Gasteiger partial charge in [0.1, 0.15) is 18.4 Å². The van der Waals surface area contributed by atoms with E-state index in [-0.39, 0.29) is 19.1 Å². The van der Waals surface area contributed by atoms with Crippen LogP contribution in [-0.2, 0) is 26.4 Å². The van der Waals surface area contributed by atoms with Crippen LogP contribution in [0.15, 0.2) is 67.4 Å². The first-order valence-corrected chi connectivity index (χ1v) is 17.5. The molecule has 10 nitrogen and oxygen atoms in total. The topological polar surface area (TPSA) is 110 Å². The molecule has 2 amide bonds. The molecule has 0 radical (unpaired) electrons. The summed E-state index contributed by atoms with van der Waals surface area (Å²) in [5.74, 6) is -0.729. The molecule has 3 aromatic rings. The van der Waals surface area contributed by atoms with Crippen LogP contribution >= 0.6 is 0 Å². The molecule has 2 fully saturated rings. The number of carbonyl (C=O) groups excluding carboxylic acids is 2. The number of cyclic esters (lactones) is 1. The second-order valence-corrected chi connectivity index (χ2v) is 15.7. The van der Waals surface area contributed by atoms with Crippen LogP contribution in [-0.4, -0.2) is 66.3 Å². The lowest BCUT2D eigenvalue weighted by Crippen LogP contribution is -2.45. The van der Waals surface area contributed by atoms with Crippen LogP contribution in [0.1, 0.15) is 36.3 Å². The minimum atomic E-state index is -3.37. The molecule has 5 atom stereocenters. The average Bonchev–Trinajstić information content (AvgIpc) is 3.75. The van der Waals surface area contributed by atoms with Gasteiger partial charge >= 0.3 is 6.09 Å². The van der Waals surface area contributed by atoms with Crippen molar-refractivity contribution >= 4 is 31.8 Å². The molecule has 0 saturated carbocycles. The second-order valence-electron chi connectivity index (χ2n) is 12.0. The third-order valence-electron chi connectivity index (χ3n) is 8.92. The molecular formula is C31H36FN5O5Si. The van der Waals surface area contributed by atoms with E-state index < -0.39 is 43.8 Å². The van der Waals surface area contributed by atoms with Crippen LogP contribution in [0.3, 0.4) is 0 Å². The van der Waals surface area contributed by atoms with Gasteiger partial charge in [0.05, 0.1) is 24.5 Å². The number of rotatable bonds is 9. The quantitative estimate of drug-likeness (QED) is 0.214. The number of ether oxygens (including phenoxy) is 2. The first kappa shape index (κ1) is 29.2. The summed E-state index contributed by atoms with van der Waals surface area (Å²) < 4.78 is 29.7. The van der Waals surface area contributed by atoms with Crippen molar-refractivity contribution in [3.05, 3.63) is 84.2 Å². The zero-order valence-electron chi connectivity index (χ0n) is 24.5. The summed E-state index contributed by atoms with van der Waals surface area (Å²) in [5.41, 5.74) is 1.11. The van der Waals surface area contributed by atoms with Gasteiger partial charge in [-0.05, 0) is 43.3 Å². The number of aryl methyl sites for hydroxylation is 1. The number of halogens is 1. The van der Waals surface area contributed by atoms with E-state index in [1.807, 2.05) is 49.4 Å². The number of aromatic nitrogens is 3. The average molecular weight is 606 g/mol. The maximum absolute atomic E-state index is 16.2. The van der Waals surface area contributed by atoms with Crippen molar-refractivity contribution in [2.75, 3.05) is 29.5 Å². The molecule has 3 aliphatic rings. The standard InChI is InChI=1S/C31H36FN5O5Si/c1-5-14-37-25-12-11-22(36-16-17-41-30(36)40)18-23(25)31(29(37)39)20(2)28(43(3,4)32)26(42-31)13-15-35-19-24(33-34-35)27(38)21-9-7-6-8-10-21/h5-12,18-20,26-28,38H,1,13-17H2,2-4H3/t20-,26+,27-,28-,31+/m1/s1. The fourth-order valence-electron chi connectivity index (χ4n) is 7.02. The summed E-state index contributed by atoms with van der Waals surface area (Å²) in [7, 11) is -3.37. The largest absolute Gasteiger partial charge is 0.447 e. The monoisotopic (exact) mass is 605 g/mol. The minimum absolute atomic E-state index is 0.254. The number of hydrogen-bond acceptors (Lipinski definition) is 7. The molecule has 6 rings (SSSR count). The zero-order chi connectivity index (χ0) is 30.5. The lowest BCUT2D eigenvalue weighted by atomic mass is 9.82. The molecular weight excluding hydrogens is 569 g/mol. The summed E-state index contributed by atoms with van der Waals surface area (Å²) >= 11 is 0. The highest BCUT2D eigenvalue weighted by molar-refractivity contribution is 6.72. The van der Waals surface area contributed by atoms with E-state index in [9.17, 15) is 14.7 Å². The summed E-state index contributed by atoms with van der Waals surface area (Å²) in [6, 6.07) is 14.6. The molecule has 2 saturated heterocycles. The molecule has 1 spiro atoms. The molecule has 2 aromatic carbocycles. The minimum Gasteiger partial charge on any atom is -0.447 e. The van der Waals surface area contributed by atoms with Gasteiger partial charge < -0.3 is 23.6 Å². The van der Waals surface area contributed by atoms with E-state index in [0.717, 1.165) is 0 Å². The van der Waals surface area contributed by atoms with Crippen molar-refractivity contribution < 1.29 is 28.3 Å². The Labute approximate surface area is 250 Å². The molecule has 43 heavy (non-hydrogen) atoms. The van der Waals surface area contributed by atoms with Gasteiger partial charge in [0, 0.05) is 35.8 Å². The lowest BCUT2D eigenvalue weighted by molar-refractivity contribution is -0.145. The van der Waals surface area contributed by atoms with Crippen molar-refractivity contribution in [1.82, 2.24) is 15.0 Å². The van der Waals surface area contributed by atoms with E-state index in [1.165, 1.54) is 4.90 Å². The first-order valence-electron chi connectivity index (χ1n) is 14.6. The first-order chi connectivity index (χ1) is 20.6. The predicted octanol–water partition coefficient (Wildman–Crippen LogP) is 4.71. The Bertz CT molecular complexity index is 1540. The zero-order valence-corrected chi connectivity index (χ0v) is 25.5. The number of aliphatic hydroxyl groups excluding tert-OH is 1. The van der Waals surface area contributed by atoms with Crippen molar-refractivity contribution in [2.45, 2.75) is 56.3 Å². The molecule has 1 aromatic heterocycles. The lowest BCUT2D eigenvalue weighted by Gasteiger charge is -2.31. The van der Waals surface area contributed by atoms with E-state index in [0.29, 0.717) is 47.7 Å². The van der Waals surface area contributed by atoms with Crippen molar-refractivity contribution in [3.63, 3.8) is 0 Å². The van der Waals surface area contributed by atoms with Gasteiger partial charge in [0.25, 0.3) is 5.91 Å². The van der Waals surface area contributed by atoms with Crippen LogP contribution in [0.4, 0.5) is 20.3 Å². The van der Waals surface area contributed by atoms with Crippen LogP contribution in [0.25, 0.3) is 0 Å². The molecule has 4 heterocycles. The number of amides is 2. The van der Waals surface area contributed by atoms with Crippen LogP contribution in [0.5, 0.6) is 0 Å². The van der Waals surface area contributed by atoms with Gasteiger partial charge in [0.2, 0.25) is 8.41 Å². The number of hydrogen-bond donors (Lipinski definition) is 1. The van der Waals surface area contributed by atoms with E-state index >= 15 is 4.11 Å². The summed E-state index contributed by atoms with van der Waals surface area (Å²) in [6.45, 7) is 10.4. The maximum Gasteiger partial charge on any atom is 0.414 e. The summed E-state index contributed by atoms with van der Waals surface area (Å²) in [6.07, 6.45) is 1.79. The maximum atomic E-state index is 16.2. The highest BCUT2D eigenvalue weighted by Crippen LogP contribution is 2.60. The number of aliphatic hydroxyl groups is 1. The van der Waals surface area contributed by atoms with Crippen LogP contribution in [0, 0.1) is 5.92 Å². The Morgan fingerprint density at radius 3 is 2.67 bits per heavy atom. The van der Waals surface area contributed by atoms with Gasteiger partial charge in [-0.1, -0.05) is 48.5 Å². The number of anilines is 2. The Balaban J connectivity index is 1.32. The summed E-state index contributed by atoms with van der Waals surface area (Å²) in [5, 5.41) is 19.1. The fourth-order valence-corrected chi connectivity index (χ4v) is 9.57. The van der Waals surface area contributed by atoms with Gasteiger partial charge in [-0.15, -0.1) is 11.7 Å². The molecule has 0 aliphatic carbocycles. The van der Waals surface area contributed by atoms with E-state index in [2.05, 4.69) is 16.9 Å². The van der Waals surface area contributed by atoms with Crippen molar-refractivity contribution in [2.24, 2.45) is 5.92 Å². The number of carbonyl (C=O) groups is 2. The fraction of sp³-hybridized carbons (Fsp3) is 0.419. The number of fused-ring (bicyclic) bond motifs is 2. The molecule has 12 heteroatoms. The van der Waals surface area contributed by atoms with Crippen molar-refractivity contribution in [1.29, 1.82) is 0 Å².